The molecule has 2 N–H and O–H groups in total. The van der Waals surface area contributed by atoms with Crippen LogP contribution in [0.15, 0.2) is 60.9 Å². The molecule has 2 fully saturated rings. The minimum absolute atomic E-state index is 0.0840. The molecule has 0 atom stereocenters. The quantitative estimate of drug-likeness (QED) is 0.284. The molecule has 3 heterocycles. The van der Waals surface area contributed by atoms with Gasteiger partial charge in [0.2, 0.25) is 11.8 Å². The molecule has 42 heavy (non-hydrogen) atoms. The van der Waals surface area contributed by atoms with Crippen LogP contribution in [0.4, 0.5) is 26.0 Å². The number of hydrogen-bond acceptors (Lipinski definition) is 8. The third-order valence-electron chi connectivity index (χ3n) is 6.86. The number of hydrogen-bond donors (Lipinski definition) is 2. The molecule has 10 nitrogen and oxygen atoms in total. The maximum absolute atomic E-state index is 15.1. The van der Waals surface area contributed by atoms with Crippen molar-refractivity contribution in [3.63, 3.8) is 0 Å². The highest BCUT2D eigenvalue weighted by Gasteiger charge is 2.56. The number of carbonyl (C=O) groups is 2. The number of pyridine rings is 1. The largest absolute Gasteiger partial charge is 0.452 e. The number of benzene rings is 2. The zero-order valence-corrected chi connectivity index (χ0v) is 23.2. The minimum Gasteiger partial charge on any atom is -0.452 e. The molecule has 1 aliphatic carbocycles. The highest BCUT2D eigenvalue weighted by Crippen LogP contribution is 2.47. The molecule has 0 unspecified atom stereocenters. The zero-order valence-electron chi connectivity index (χ0n) is 23.2. The third-order valence-corrected chi connectivity index (χ3v) is 6.86. The van der Waals surface area contributed by atoms with Crippen molar-refractivity contribution in [1.29, 1.82) is 0 Å². The first-order chi connectivity index (χ1) is 20.4. The molecular formula is C30H30F2N6O4. The molecule has 6 rings (SSSR count). The number of ether oxygens (including phenoxy) is 2. The third kappa shape index (κ3) is 6.13. The van der Waals surface area contributed by atoms with E-state index < -0.39 is 28.9 Å². The van der Waals surface area contributed by atoms with Crippen LogP contribution in [0.5, 0.6) is 11.5 Å². The summed E-state index contributed by atoms with van der Waals surface area (Å²) >= 11 is 0. The van der Waals surface area contributed by atoms with Gasteiger partial charge in [-0.1, -0.05) is 13.8 Å². The van der Waals surface area contributed by atoms with Crippen LogP contribution in [0.1, 0.15) is 26.7 Å². The van der Waals surface area contributed by atoms with Crippen LogP contribution in [-0.4, -0.2) is 53.1 Å². The molecule has 4 aromatic rings. The lowest BCUT2D eigenvalue weighted by atomic mass is 10.0. The van der Waals surface area contributed by atoms with E-state index >= 15 is 4.39 Å². The Morgan fingerprint density at radius 2 is 1.57 bits per heavy atom. The monoisotopic (exact) mass is 576 g/mol. The Balaban J connectivity index is 0.00000173. The summed E-state index contributed by atoms with van der Waals surface area (Å²) in [5.74, 6) is -1.37. The van der Waals surface area contributed by atoms with Gasteiger partial charge in [0.25, 0.3) is 0 Å². The van der Waals surface area contributed by atoms with E-state index in [0.29, 0.717) is 61.8 Å². The molecule has 0 spiro atoms. The smallest absolute Gasteiger partial charge is 0.240 e. The summed E-state index contributed by atoms with van der Waals surface area (Å²) in [5, 5.41) is 5.26. The predicted molar refractivity (Wildman–Crippen MR) is 154 cm³/mol. The molecule has 12 heteroatoms. The van der Waals surface area contributed by atoms with Crippen LogP contribution in [0, 0.1) is 17.0 Å². The highest BCUT2D eigenvalue weighted by molar-refractivity contribution is 6.16. The molecule has 2 aromatic heterocycles. The first-order valence-corrected chi connectivity index (χ1v) is 13.7. The van der Waals surface area contributed by atoms with E-state index in [4.69, 9.17) is 9.47 Å². The van der Waals surface area contributed by atoms with Crippen molar-refractivity contribution in [2.45, 2.75) is 26.7 Å². The van der Waals surface area contributed by atoms with Crippen LogP contribution in [-0.2, 0) is 14.3 Å². The molecule has 1 aliphatic heterocycles. The average Bonchev–Trinajstić information content (AvgIpc) is 3.84. The minimum atomic E-state index is -1.27. The Morgan fingerprint density at radius 1 is 0.905 bits per heavy atom. The molecule has 218 valence electrons. The molecule has 2 aromatic carbocycles. The van der Waals surface area contributed by atoms with Gasteiger partial charge in [0.05, 0.1) is 19.4 Å². The number of aromatic nitrogens is 3. The van der Waals surface area contributed by atoms with E-state index in [1.807, 2.05) is 18.7 Å². The molecule has 1 saturated carbocycles. The van der Waals surface area contributed by atoms with Crippen molar-refractivity contribution >= 4 is 40.2 Å². The second kappa shape index (κ2) is 12.4. The first kappa shape index (κ1) is 28.8. The Morgan fingerprint density at radius 3 is 2.24 bits per heavy atom. The summed E-state index contributed by atoms with van der Waals surface area (Å²) in [5.41, 5.74) is 0.0130. The number of anilines is 3. The highest BCUT2D eigenvalue weighted by atomic mass is 19.1. The Labute approximate surface area is 241 Å². The molecule has 0 bridgehead atoms. The van der Waals surface area contributed by atoms with E-state index in [9.17, 15) is 14.0 Å². The second-order valence-electron chi connectivity index (χ2n) is 9.55. The number of nitrogens with one attached hydrogen (secondary N) is 2. The number of halogens is 2. The van der Waals surface area contributed by atoms with E-state index in [2.05, 4.69) is 25.6 Å². The lowest BCUT2D eigenvalue weighted by molar-refractivity contribution is -0.131. The Hall–Kier alpha value is -4.71. The van der Waals surface area contributed by atoms with Gasteiger partial charge < -0.3 is 25.0 Å². The second-order valence-corrected chi connectivity index (χ2v) is 9.55. The average molecular weight is 577 g/mol. The van der Waals surface area contributed by atoms with E-state index in [1.54, 1.807) is 12.3 Å². The number of rotatable bonds is 7. The number of morpholine rings is 1. The number of fused-ring (bicyclic) bond motifs is 1. The fourth-order valence-corrected chi connectivity index (χ4v) is 4.41. The van der Waals surface area contributed by atoms with Crippen LogP contribution in [0.2, 0.25) is 0 Å². The summed E-state index contributed by atoms with van der Waals surface area (Å²) in [6.45, 7) is 6.52. The standard InChI is InChI=1S/C28H24F2N6O4.C2H6/c29-17-1-3-18(4-2-17)33-26(37)28(8-9-28)27(38)34-19-5-6-21(20(30)15-19)40-22-7-10-31-25-24(22)35-23(16-32-25)36-11-13-39-14-12-36;1-2/h1-7,10,15-16H,8-9,11-14H2,(H,33,37)(H,34,38);1-2H3. The molecule has 2 aliphatic rings. The van der Waals surface area contributed by atoms with Gasteiger partial charge in [0.15, 0.2) is 28.5 Å². The Bertz CT molecular complexity index is 1590. The topological polar surface area (TPSA) is 119 Å². The van der Waals surface area contributed by atoms with Crippen molar-refractivity contribution in [3.05, 3.63) is 72.6 Å². The zero-order chi connectivity index (χ0) is 29.7. The predicted octanol–water partition coefficient (Wildman–Crippen LogP) is 5.32. The lowest BCUT2D eigenvalue weighted by Gasteiger charge is -2.27. The molecule has 0 radical (unpaired) electrons. The summed E-state index contributed by atoms with van der Waals surface area (Å²) in [6.07, 6.45) is 3.82. The first-order valence-electron chi connectivity index (χ1n) is 13.7. The van der Waals surface area contributed by atoms with Gasteiger partial charge >= 0.3 is 0 Å². The molecule has 1 saturated heterocycles. The van der Waals surface area contributed by atoms with Gasteiger partial charge in [-0.05, 0) is 49.2 Å². The van der Waals surface area contributed by atoms with Gasteiger partial charge in [0.1, 0.15) is 17.1 Å². The fourth-order valence-electron chi connectivity index (χ4n) is 4.41. The van der Waals surface area contributed by atoms with Crippen molar-refractivity contribution in [3.8, 4) is 11.5 Å². The van der Waals surface area contributed by atoms with Gasteiger partial charge in [0, 0.05) is 42.8 Å². The van der Waals surface area contributed by atoms with Crippen molar-refractivity contribution < 1.29 is 27.8 Å². The van der Waals surface area contributed by atoms with Gasteiger partial charge in [-0.3, -0.25) is 9.59 Å². The van der Waals surface area contributed by atoms with Crippen molar-refractivity contribution in [1.82, 2.24) is 15.0 Å². The van der Waals surface area contributed by atoms with Crippen LogP contribution < -0.4 is 20.3 Å². The van der Waals surface area contributed by atoms with Crippen LogP contribution >= 0.6 is 0 Å². The summed E-state index contributed by atoms with van der Waals surface area (Å²) < 4.78 is 39.5. The van der Waals surface area contributed by atoms with Crippen molar-refractivity contribution in [2.75, 3.05) is 41.8 Å². The number of carbonyl (C=O) groups excluding carboxylic acids is 2. The van der Waals surface area contributed by atoms with E-state index in [1.165, 1.54) is 42.6 Å². The molecular weight excluding hydrogens is 546 g/mol. The SMILES string of the molecule is CC.O=C(Nc1ccc(F)cc1)C1(C(=O)Nc2ccc(Oc3ccnc4ncc(N5CCOCC5)nc34)c(F)c2)CC1. The van der Waals surface area contributed by atoms with Crippen LogP contribution in [0.3, 0.4) is 0 Å². The van der Waals surface area contributed by atoms with E-state index in [0.717, 1.165) is 6.07 Å². The van der Waals surface area contributed by atoms with E-state index in [-0.39, 0.29) is 17.2 Å². The van der Waals surface area contributed by atoms with Gasteiger partial charge in [-0.2, -0.15) is 0 Å². The van der Waals surface area contributed by atoms with Gasteiger partial charge in [-0.15, -0.1) is 0 Å². The Kier molecular flexibility index (Phi) is 8.53. The summed E-state index contributed by atoms with van der Waals surface area (Å²) in [4.78, 5) is 41.0. The maximum Gasteiger partial charge on any atom is 0.240 e. The maximum atomic E-state index is 15.1. The molecule has 2 amide bonds. The lowest BCUT2D eigenvalue weighted by Crippen LogP contribution is -2.36. The summed E-state index contributed by atoms with van der Waals surface area (Å²) in [6, 6.07) is 10.8. The number of nitrogens with zero attached hydrogens (tertiary/aromatic N) is 4. The van der Waals surface area contributed by atoms with Crippen molar-refractivity contribution in [2.24, 2.45) is 5.41 Å². The van der Waals surface area contributed by atoms with Gasteiger partial charge in [-0.25, -0.2) is 23.7 Å². The normalized spacial score (nSPS) is 15.3. The van der Waals surface area contributed by atoms with Crippen LogP contribution in [0.25, 0.3) is 11.2 Å². The summed E-state index contributed by atoms with van der Waals surface area (Å²) in [7, 11) is 0. The fraction of sp³-hybridized carbons (Fsp3) is 0.300. The number of amides is 2.